The lowest BCUT2D eigenvalue weighted by Crippen LogP contribution is -2.45. The minimum atomic E-state index is -0.0389. The first-order valence-electron chi connectivity index (χ1n) is 8.78. The van der Waals surface area contributed by atoms with Gasteiger partial charge in [-0.25, -0.2) is 4.98 Å². The Morgan fingerprint density at radius 3 is 2.92 bits per heavy atom. The third kappa shape index (κ3) is 2.92. The highest BCUT2D eigenvalue weighted by Crippen LogP contribution is 2.25. The average Bonchev–Trinajstić information content (AvgIpc) is 3.19. The van der Waals surface area contributed by atoms with Crippen LogP contribution in [0, 0.1) is 6.92 Å². The number of aromatic nitrogens is 2. The Kier molecular flexibility index (Phi) is 4.03. The maximum atomic E-state index is 12.8. The summed E-state index contributed by atoms with van der Waals surface area (Å²) in [5, 5.41) is 0. The van der Waals surface area contributed by atoms with Crippen LogP contribution >= 0.6 is 0 Å². The molecule has 25 heavy (non-hydrogen) atoms. The van der Waals surface area contributed by atoms with Crippen LogP contribution in [-0.2, 0) is 11.3 Å². The third-order valence-electron chi connectivity index (χ3n) is 5.23. The molecule has 6 nitrogen and oxygen atoms in total. The van der Waals surface area contributed by atoms with Crippen LogP contribution in [0.5, 0.6) is 0 Å². The smallest absolute Gasteiger partial charge is 0.254 e. The molecule has 0 spiro atoms. The van der Waals surface area contributed by atoms with E-state index in [9.17, 15) is 9.59 Å². The third-order valence-corrected chi connectivity index (χ3v) is 5.23. The Hall–Kier alpha value is -2.63. The fraction of sp³-hybridized carbons (Fsp3) is 0.421. The first-order chi connectivity index (χ1) is 12.1. The van der Waals surface area contributed by atoms with Gasteiger partial charge in [-0.15, -0.1) is 0 Å². The van der Waals surface area contributed by atoms with Gasteiger partial charge in [0.05, 0.1) is 6.04 Å². The van der Waals surface area contributed by atoms with Crippen LogP contribution < -0.4 is 0 Å². The number of fused-ring (bicyclic) bond motifs is 1. The summed E-state index contributed by atoms with van der Waals surface area (Å²) in [6.45, 7) is 4.12. The van der Waals surface area contributed by atoms with E-state index in [1.54, 1.807) is 11.1 Å². The Balaban J connectivity index is 1.42. The van der Waals surface area contributed by atoms with Gasteiger partial charge in [-0.2, -0.15) is 0 Å². The van der Waals surface area contributed by atoms with Crippen molar-refractivity contribution < 1.29 is 9.59 Å². The van der Waals surface area contributed by atoms with Crippen LogP contribution in [0.15, 0.2) is 36.7 Å². The lowest BCUT2D eigenvalue weighted by Gasteiger charge is -2.34. The second-order valence-corrected chi connectivity index (χ2v) is 6.84. The van der Waals surface area contributed by atoms with Gasteiger partial charge in [0.15, 0.2) is 0 Å². The SMILES string of the molecule is Cc1nccn1C1CCCN(C(=O)CN2Cc3ccccc3C2=O)C1. The first kappa shape index (κ1) is 15.9. The van der Waals surface area contributed by atoms with Crippen LogP contribution in [0.1, 0.15) is 40.6 Å². The van der Waals surface area contributed by atoms with E-state index in [2.05, 4.69) is 9.55 Å². The lowest BCUT2D eigenvalue weighted by molar-refractivity contribution is -0.133. The van der Waals surface area contributed by atoms with Crippen molar-refractivity contribution in [2.45, 2.75) is 32.4 Å². The molecule has 0 saturated carbocycles. The summed E-state index contributed by atoms with van der Waals surface area (Å²) in [6.07, 6.45) is 5.81. The van der Waals surface area contributed by atoms with Crippen molar-refractivity contribution in [1.29, 1.82) is 0 Å². The number of rotatable bonds is 3. The zero-order valence-electron chi connectivity index (χ0n) is 14.4. The molecule has 4 rings (SSSR count). The maximum Gasteiger partial charge on any atom is 0.254 e. The van der Waals surface area contributed by atoms with Crippen LogP contribution in [0.25, 0.3) is 0 Å². The number of likely N-dealkylation sites (tertiary alicyclic amines) is 1. The fourth-order valence-corrected chi connectivity index (χ4v) is 3.89. The molecule has 1 aromatic heterocycles. The normalized spacial score (nSPS) is 20.0. The van der Waals surface area contributed by atoms with Crippen molar-refractivity contribution in [2.24, 2.45) is 0 Å². The second-order valence-electron chi connectivity index (χ2n) is 6.84. The molecule has 130 valence electrons. The highest BCUT2D eigenvalue weighted by atomic mass is 16.2. The molecule has 2 aromatic rings. The second kappa shape index (κ2) is 6.35. The highest BCUT2D eigenvalue weighted by Gasteiger charge is 2.31. The summed E-state index contributed by atoms with van der Waals surface area (Å²) < 4.78 is 2.15. The van der Waals surface area contributed by atoms with Crippen molar-refractivity contribution in [3.05, 3.63) is 53.6 Å². The number of carbonyl (C=O) groups excluding carboxylic acids is 2. The van der Waals surface area contributed by atoms with Crippen LogP contribution in [0.4, 0.5) is 0 Å². The molecular weight excluding hydrogens is 316 g/mol. The van der Waals surface area contributed by atoms with Gasteiger partial charge >= 0.3 is 0 Å². The number of benzene rings is 1. The standard InChI is InChI=1S/C19H22N4O2/c1-14-20-8-10-23(14)16-6-4-9-21(12-16)18(24)13-22-11-15-5-2-3-7-17(15)19(22)25/h2-3,5,7-8,10,16H,4,6,9,11-13H2,1H3. The van der Waals surface area contributed by atoms with E-state index >= 15 is 0 Å². The summed E-state index contributed by atoms with van der Waals surface area (Å²) in [5.41, 5.74) is 1.73. The molecule has 3 heterocycles. The number of piperidine rings is 1. The van der Waals surface area contributed by atoms with Crippen molar-refractivity contribution in [1.82, 2.24) is 19.4 Å². The maximum absolute atomic E-state index is 12.8. The van der Waals surface area contributed by atoms with Gasteiger partial charge < -0.3 is 14.4 Å². The van der Waals surface area contributed by atoms with Gasteiger partial charge in [0.2, 0.25) is 5.91 Å². The van der Waals surface area contributed by atoms with E-state index in [4.69, 9.17) is 0 Å². The molecule has 2 amide bonds. The molecule has 0 aliphatic carbocycles. The molecule has 0 radical (unpaired) electrons. The Labute approximate surface area is 147 Å². The number of nitrogens with zero attached hydrogens (tertiary/aromatic N) is 4. The first-order valence-corrected chi connectivity index (χ1v) is 8.78. The van der Waals surface area contributed by atoms with E-state index in [1.165, 1.54) is 0 Å². The monoisotopic (exact) mass is 338 g/mol. The van der Waals surface area contributed by atoms with Crippen LogP contribution in [0.3, 0.4) is 0 Å². The van der Waals surface area contributed by atoms with Gasteiger partial charge in [0.1, 0.15) is 12.4 Å². The molecule has 6 heteroatoms. The number of hydrogen-bond donors (Lipinski definition) is 0. The Morgan fingerprint density at radius 2 is 2.16 bits per heavy atom. The van der Waals surface area contributed by atoms with E-state index in [-0.39, 0.29) is 24.4 Å². The molecule has 2 aliphatic heterocycles. The van der Waals surface area contributed by atoms with E-state index in [0.29, 0.717) is 13.1 Å². The molecule has 1 fully saturated rings. The van der Waals surface area contributed by atoms with Gasteiger partial charge in [-0.05, 0) is 31.4 Å². The summed E-state index contributed by atoms with van der Waals surface area (Å²) in [6, 6.07) is 7.86. The molecule has 1 atom stereocenters. The lowest BCUT2D eigenvalue weighted by atomic mass is 10.1. The molecule has 0 N–H and O–H groups in total. The average molecular weight is 338 g/mol. The number of amides is 2. The predicted octanol–water partition coefficient (Wildman–Crippen LogP) is 2.01. The van der Waals surface area contributed by atoms with Crippen molar-refractivity contribution >= 4 is 11.8 Å². The number of aryl methyl sites for hydroxylation is 1. The van der Waals surface area contributed by atoms with Gasteiger partial charge in [-0.3, -0.25) is 9.59 Å². The van der Waals surface area contributed by atoms with E-state index in [1.807, 2.05) is 42.3 Å². The number of carbonyl (C=O) groups is 2. The number of hydrogen-bond acceptors (Lipinski definition) is 3. The molecular formula is C19H22N4O2. The summed E-state index contributed by atoms with van der Waals surface area (Å²) in [5.74, 6) is 0.969. The minimum absolute atomic E-state index is 0.0311. The minimum Gasteiger partial charge on any atom is -0.339 e. The molecule has 0 bridgehead atoms. The summed E-state index contributed by atoms with van der Waals surface area (Å²) in [4.78, 5) is 33.0. The predicted molar refractivity (Wildman–Crippen MR) is 93.0 cm³/mol. The van der Waals surface area contributed by atoms with Crippen molar-refractivity contribution in [2.75, 3.05) is 19.6 Å². The topological polar surface area (TPSA) is 58.4 Å². The Morgan fingerprint density at radius 1 is 1.32 bits per heavy atom. The van der Waals surface area contributed by atoms with Crippen molar-refractivity contribution in [3.8, 4) is 0 Å². The Bertz CT molecular complexity index is 813. The largest absolute Gasteiger partial charge is 0.339 e. The van der Waals surface area contributed by atoms with E-state index < -0.39 is 0 Å². The van der Waals surface area contributed by atoms with Crippen LogP contribution in [0.2, 0.25) is 0 Å². The molecule has 2 aliphatic rings. The zero-order valence-corrected chi connectivity index (χ0v) is 14.4. The fourth-order valence-electron chi connectivity index (χ4n) is 3.89. The number of imidazole rings is 1. The van der Waals surface area contributed by atoms with Gasteiger partial charge in [-0.1, -0.05) is 18.2 Å². The molecule has 1 saturated heterocycles. The molecule has 1 aromatic carbocycles. The highest BCUT2D eigenvalue weighted by molar-refractivity contribution is 6.00. The van der Waals surface area contributed by atoms with Gasteiger partial charge in [0.25, 0.3) is 5.91 Å². The van der Waals surface area contributed by atoms with Crippen LogP contribution in [-0.4, -0.2) is 50.8 Å². The van der Waals surface area contributed by atoms with E-state index in [0.717, 1.165) is 36.3 Å². The summed E-state index contributed by atoms with van der Waals surface area (Å²) in [7, 11) is 0. The molecule has 1 unspecified atom stereocenters. The zero-order chi connectivity index (χ0) is 17.4. The summed E-state index contributed by atoms with van der Waals surface area (Å²) >= 11 is 0. The van der Waals surface area contributed by atoms with Crippen molar-refractivity contribution in [3.63, 3.8) is 0 Å². The van der Waals surface area contributed by atoms with Gasteiger partial charge in [0, 0.05) is 37.6 Å². The quantitative estimate of drug-likeness (QED) is 0.860.